The van der Waals surface area contributed by atoms with Crippen LogP contribution in [0.2, 0.25) is 0 Å². The highest BCUT2D eigenvalue weighted by atomic mass is 16.6. The quantitative estimate of drug-likeness (QED) is 0.733. The normalized spacial score (nSPS) is 10.8. The molecular formula is C13H21N3O3. The average molecular weight is 267 g/mol. The van der Waals surface area contributed by atoms with E-state index in [0.29, 0.717) is 22.8 Å². The lowest BCUT2D eigenvalue weighted by molar-refractivity contribution is 0.0635. The first kappa shape index (κ1) is 14.9. The first-order chi connectivity index (χ1) is 8.76. The number of benzene rings is 1. The van der Waals surface area contributed by atoms with Crippen molar-refractivity contribution in [2.45, 2.75) is 26.4 Å². The molecule has 0 bridgehead atoms. The molecule has 1 aromatic rings. The van der Waals surface area contributed by atoms with Crippen molar-refractivity contribution in [3.8, 4) is 5.75 Å². The van der Waals surface area contributed by atoms with E-state index in [4.69, 9.17) is 15.2 Å². The molecule has 106 valence electrons. The van der Waals surface area contributed by atoms with E-state index in [1.165, 1.54) is 7.11 Å². The van der Waals surface area contributed by atoms with Crippen LogP contribution in [0.25, 0.3) is 0 Å². The van der Waals surface area contributed by atoms with Crippen LogP contribution in [0.4, 0.5) is 21.9 Å². The summed E-state index contributed by atoms with van der Waals surface area (Å²) in [5.74, 6) is 0.474. The zero-order valence-corrected chi connectivity index (χ0v) is 12.0. The van der Waals surface area contributed by atoms with Crippen molar-refractivity contribution in [2.75, 3.05) is 30.5 Å². The number of methoxy groups -OCH3 is 1. The molecule has 0 fully saturated rings. The Hall–Kier alpha value is -2.11. The van der Waals surface area contributed by atoms with E-state index in [2.05, 4.69) is 10.6 Å². The molecule has 19 heavy (non-hydrogen) atoms. The van der Waals surface area contributed by atoms with Crippen LogP contribution in [0.3, 0.4) is 0 Å². The number of carbonyl (C=O) groups excluding carboxylic acids is 1. The number of amides is 1. The van der Waals surface area contributed by atoms with Crippen molar-refractivity contribution in [3.05, 3.63) is 12.1 Å². The summed E-state index contributed by atoms with van der Waals surface area (Å²) in [4.78, 5) is 11.7. The molecule has 6 nitrogen and oxygen atoms in total. The lowest BCUT2D eigenvalue weighted by Gasteiger charge is -2.20. The third-order valence-corrected chi connectivity index (χ3v) is 2.28. The van der Waals surface area contributed by atoms with Gasteiger partial charge in [0.05, 0.1) is 24.2 Å². The second-order valence-corrected chi connectivity index (χ2v) is 5.02. The van der Waals surface area contributed by atoms with Gasteiger partial charge in [-0.05, 0) is 26.8 Å². The fraction of sp³-hybridized carbons (Fsp3) is 0.462. The van der Waals surface area contributed by atoms with E-state index in [9.17, 15) is 4.79 Å². The summed E-state index contributed by atoms with van der Waals surface area (Å²) in [6, 6.07) is 3.33. The maximum absolute atomic E-state index is 11.7. The molecule has 4 N–H and O–H groups in total. The standard InChI is InChI=1S/C13H21N3O3/c1-13(2,3)19-12(17)16-10-7-9(15-4)8(14)6-11(10)18-5/h6-7,15H,14H2,1-5H3,(H,16,17). The molecule has 0 heterocycles. The van der Waals surface area contributed by atoms with Crippen LogP contribution >= 0.6 is 0 Å². The molecule has 0 aliphatic heterocycles. The molecule has 1 amide bonds. The predicted octanol–water partition coefficient (Wildman–Crippen LogP) is 2.67. The van der Waals surface area contributed by atoms with Gasteiger partial charge in [0.25, 0.3) is 0 Å². The highest BCUT2D eigenvalue weighted by Gasteiger charge is 2.18. The summed E-state index contributed by atoms with van der Waals surface area (Å²) in [5.41, 5.74) is 7.00. The van der Waals surface area contributed by atoms with E-state index in [-0.39, 0.29) is 0 Å². The minimum absolute atomic E-state index is 0.474. The molecule has 6 heteroatoms. The summed E-state index contributed by atoms with van der Waals surface area (Å²) >= 11 is 0. The monoisotopic (exact) mass is 267 g/mol. The predicted molar refractivity (Wildman–Crippen MR) is 76.8 cm³/mol. The minimum atomic E-state index is -0.559. The fourth-order valence-electron chi connectivity index (χ4n) is 1.49. The summed E-state index contributed by atoms with van der Waals surface area (Å²) < 4.78 is 10.4. The van der Waals surface area contributed by atoms with Crippen LogP contribution in [-0.2, 0) is 4.74 Å². The molecule has 0 unspecified atom stereocenters. The minimum Gasteiger partial charge on any atom is -0.494 e. The first-order valence-electron chi connectivity index (χ1n) is 5.92. The third kappa shape index (κ3) is 4.24. The highest BCUT2D eigenvalue weighted by Crippen LogP contribution is 2.33. The van der Waals surface area contributed by atoms with Crippen LogP contribution in [-0.4, -0.2) is 25.9 Å². The topological polar surface area (TPSA) is 85.6 Å². The molecule has 0 aliphatic carbocycles. The molecule has 0 saturated heterocycles. The first-order valence-corrected chi connectivity index (χ1v) is 5.92. The van der Waals surface area contributed by atoms with Gasteiger partial charge in [-0.2, -0.15) is 0 Å². The van der Waals surface area contributed by atoms with Crippen molar-refractivity contribution in [1.29, 1.82) is 0 Å². The lowest BCUT2D eigenvalue weighted by atomic mass is 10.2. The molecule has 0 aromatic heterocycles. The molecule has 0 atom stereocenters. The van der Waals surface area contributed by atoms with E-state index < -0.39 is 11.7 Å². The van der Waals surface area contributed by atoms with Gasteiger partial charge in [0, 0.05) is 13.1 Å². The van der Waals surface area contributed by atoms with Crippen LogP contribution in [0.5, 0.6) is 5.75 Å². The summed E-state index contributed by atoms with van der Waals surface area (Å²) in [5, 5.41) is 5.57. The van der Waals surface area contributed by atoms with Crippen molar-refractivity contribution in [2.24, 2.45) is 0 Å². The van der Waals surface area contributed by atoms with Crippen molar-refractivity contribution in [1.82, 2.24) is 0 Å². The van der Waals surface area contributed by atoms with Crippen LogP contribution in [0.1, 0.15) is 20.8 Å². The molecule has 0 aliphatic rings. The highest BCUT2D eigenvalue weighted by molar-refractivity contribution is 5.90. The van der Waals surface area contributed by atoms with Gasteiger partial charge < -0.3 is 20.5 Å². The summed E-state index contributed by atoms with van der Waals surface area (Å²) in [6.45, 7) is 5.39. The summed E-state index contributed by atoms with van der Waals surface area (Å²) in [6.07, 6.45) is -0.544. The molecule has 1 aromatic carbocycles. The number of nitrogen functional groups attached to an aromatic ring is 1. The van der Waals surface area contributed by atoms with Gasteiger partial charge in [-0.15, -0.1) is 0 Å². The van der Waals surface area contributed by atoms with Crippen LogP contribution < -0.4 is 21.1 Å². The van der Waals surface area contributed by atoms with E-state index in [1.807, 2.05) is 0 Å². The lowest BCUT2D eigenvalue weighted by Crippen LogP contribution is -2.27. The molecule has 0 radical (unpaired) electrons. The van der Waals surface area contributed by atoms with E-state index in [0.717, 1.165) is 0 Å². The number of ether oxygens (including phenoxy) is 2. The smallest absolute Gasteiger partial charge is 0.412 e. The Balaban J connectivity index is 2.96. The SMILES string of the molecule is CNc1cc(NC(=O)OC(C)(C)C)c(OC)cc1N. The Morgan fingerprint density at radius 2 is 1.89 bits per heavy atom. The zero-order valence-electron chi connectivity index (χ0n) is 12.0. The molecule has 0 saturated carbocycles. The van der Waals surface area contributed by atoms with Gasteiger partial charge in [-0.1, -0.05) is 0 Å². The average Bonchev–Trinajstić information content (AvgIpc) is 2.28. The second kappa shape index (κ2) is 5.69. The number of hydrogen-bond donors (Lipinski definition) is 3. The Labute approximate surface area is 113 Å². The second-order valence-electron chi connectivity index (χ2n) is 5.02. The molecular weight excluding hydrogens is 246 g/mol. The van der Waals surface area contributed by atoms with Crippen molar-refractivity contribution in [3.63, 3.8) is 0 Å². The third-order valence-electron chi connectivity index (χ3n) is 2.28. The van der Waals surface area contributed by atoms with Gasteiger partial charge >= 0.3 is 6.09 Å². The van der Waals surface area contributed by atoms with Gasteiger partial charge in [0.1, 0.15) is 11.4 Å². The number of carbonyl (C=O) groups is 1. The van der Waals surface area contributed by atoms with Gasteiger partial charge in [-0.25, -0.2) is 4.79 Å². The van der Waals surface area contributed by atoms with Crippen LogP contribution in [0, 0.1) is 0 Å². The van der Waals surface area contributed by atoms with Gasteiger partial charge in [0.2, 0.25) is 0 Å². The molecule has 1 rings (SSSR count). The Bertz CT molecular complexity index is 467. The maximum Gasteiger partial charge on any atom is 0.412 e. The fourth-order valence-corrected chi connectivity index (χ4v) is 1.49. The summed E-state index contributed by atoms with van der Waals surface area (Å²) in [7, 11) is 3.25. The number of nitrogens with two attached hydrogens (primary N) is 1. The molecule has 0 spiro atoms. The number of anilines is 3. The Morgan fingerprint density at radius 3 is 2.37 bits per heavy atom. The zero-order chi connectivity index (χ0) is 14.6. The maximum atomic E-state index is 11.7. The van der Waals surface area contributed by atoms with Gasteiger partial charge in [-0.3, -0.25) is 5.32 Å². The van der Waals surface area contributed by atoms with Crippen molar-refractivity contribution < 1.29 is 14.3 Å². The number of nitrogens with one attached hydrogen (secondary N) is 2. The van der Waals surface area contributed by atoms with E-state index >= 15 is 0 Å². The van der Waals surface area contributed by atoms with E-state index in [1.54, 1.807) is 40.0 Å². The van der Waals surface area contributed by atoms with Gasteiger partial charge in [0.15, 0.2) is 0 Å². The van der Waals surface area contributed by atoms with Crippen LogP contribution in [0.15, 0.2) is 12.1 Å². The Kier molecular flexibility index (Phi) is 4.47. The number of rotatable bonds is 3. The van der Waals surface area contributed by atoms with Crippen molar-refractivity contribution >= 4 is 23.2 Å². The largest absolute Gasteiger partial charge is 0.494 e. The number of hydrogen-bond acceptors (Lipinski definition) is 5. The Morgan fingerprint density at radius 1 is 1.26 bits per heavy atom.